The van der Waals surface area contributed by atoms with Gasteiger partial charge in [-0.05, 0) is 56.4 Å². The lowest BCUT2D eigenvalue weighted by atomic mass is 9.96. The van der Waals surface area contributed by atoms with Gasteiger partial charge in [0, 0.05) is 11.6 Å². The molecule has 0 aliphatic heterocycles. The number of carbonyl (C=O) groups excluding carboxylic acids is 1. The van der Waals surface area contributed by atoms with Gasteiger partial charge >= 0.3 is 5.97 Å². The van der Waals surface area contributed by atoms with Crippen LogP contribution in [0.2, 0.25) is 0 Å². The van der Waals surface area contributed by atoms with E-state index < -0.39 is 10.0 Å². The van der Waals surface area contributed by atoms with Gasteiger partial charge in [0.2, 0.25) is 0 Å². The predicted octanol–water partition coefficient (Wildman–Crippen LogP) is 4.87. The van der Waals surface area contributed by atoms with Crippen LogP contribution in [0.25, 0.3) is 10.9 Å². The van der Waals surface area contributed by atoms with Crippen molar-refractivity contribution in [2.45, 2.75) is 37.5 Å². The predicted molar refractivity (Wildman–Crippen MR) is 119 cm³/mol. The molecule has 1 atom stereocenters. The van der Waals surface area contributed by atoms with Gasteiger partial charge in [0.05, 0.1) is 23.4 Å². The van der Waals surface area contributed by atoms with Gasteiger partial charge in [-0.2, -0.15) is 0 Å². The molecule has 2 aromatic carbocycles. The molecule has 1 aromatic heterocycles. The fourth-order valence-electron chi connectivity index (χ4n) is 3.68. The third-order valence-corrected chi connectivity index (χ3v) is 7.01. The molecule has 0 radical (unpaired) electrons. The van der Waals surface area contributed by atoms with E-state index in [1.807, 2.05) is 31.2 Å². The van der Waals surface area contributed by atoms with E-state index in [4.69, 9.17) is 4.74 Å². The van der Waals surface area contributed by atoms with Crippen LogP contribution in [-0.4, -0.2) is 25.5 Å². The van der Waals surface area contributed by atoms with Crippen molar-refractivity contribution in [1.82, 2.24) is 3.97 Å². The highest BCUT2D eigenvalue weighted by Gasteiger charge is 2.22. The first kappa shape index (κ1) is 21.8. The van der Waals surface area contributed by atoms with Crippen molar-refractivity contribution >= 4 is 26.9 Å². The van der Waals surface area contributed by atoms with Gasteiger partial charge in [0.25, 0.3) is 10.0 Å². The molecule has 0 bridgehead atoms. The summed E-state index contributed by atoms with van der Waals surface area (Å²) in [6.07, 6.45) is 6.06. The van der Waals surface area contributed by atoms with Crippen molar-refractivity contribution < 1.29 is 17.9 Å². The molecule has 1 heterocycles. The van der Waals surface area contributed by atoms with E-state index in [0.717, 1.165) is 22.9 Å². The Balaban J connectivity index is 1.90. The Labute approximate surface area is 178 Å². The van der Waals surface area contributed by atoms with Crippen LogP contribution >= 0.6 is 0 Å². The highest BCUT2D eigenvalue weighted by atomic mass is 32.2. The summed E-state index contributed by atoms with van der Waals surface area (Å²) < 4.78 is 32.8. The van der Waals surface area contributed by atoms with E-state index in [9.17, 15) is 13.2 Å². The van der Waals surface area contributed by atoms with Crippen LogP contribution in [0.15, 0.2) is 72.3 Å². The van der Waals surface area contributed by atoms with Crippen molar-refractivity contribution in [3.8, 4) is 0 Å². The number of esters is 1. The molecule has 6 heteroatoms. The van der Waals surface area contributed by atoms with E-state index in [2.05, 4.69) is 6.58 Å². The van der Waals surface area contributed by atoms with Gasteiger partial charge in [-0.15, -0.1) is 6.58 Å². The van der Waals surface area contributed by atoms with Crippen LogP contribution in [0.5, 0.6) is 0 Å². The van der Waals surface area contributed by atoms with Gasteiger partial charge < -0.3 is 4.74 Å². The number of benzene rings is 2. The van der Waals surface area contributed by atoms with E-state index >= 15 is 0 Å². The van der Waals surface area contributed by atoms with Crippen LogP contribution in [0, 0.1) is 12.8 Å². The standard InChI is InChI=1S/C24H27NO4S/c1-4-8-19(24(26)29-3)9-7-10-20-17-25(23-12-6-5-11-22(20)23)30(27,28)21-15-13-18(2)14-16-21/h4-6,11-17,19H,1,7-10H2,2-3H3. The number of rotatable bonds is 9. The van der Waals surface area contributed by atoms with Crippen LogP contribution in [0.1, 0.15) is 30.4 Å². The van der Waals surface area contributed by atoms with Crippen molar-refractivity contribution in [2.24, 2.45) is 5.92 Å². The monoisotopic (exact) mass is 425 g/mol. The number of hydrogen-bond donors (Lipinski definition) is 0. The largest absolute Gasteiger partial charge is 0.469 e. The first-order valence-corrected chi connectivity index (χ1v) is 11.4. The average Bonchev–Trinajstić information content (AvgIpc) is 3.12. The smallest absolute Gasteiger partial charge is 0.308 e. The summed E-state index contributed by atoms with van der Waals surface area (Å²) in [5.74, 6) is -0.462. The van der Waals surface area contributed by atoms with Crippen LogP contribution in [0.4, 0.5) is 0 Å². The average molecular weight is 426 g/mol. The molecule has 0 aliphatic rings. The summed E-state index contributed by atoms with van der Waals surface area (Å²) in [5, 5.41) is 0.909. The minimum atomic E-state index is -3.70. The summed E-state index contributed by atoms with van der Waals surface area (Å²) >= 11 is 0. The SMILES string of the molecule is C=CCC(CCCc1cn(S(=O)(=O)c2ccc(C)cc2)c2ccccc12)C(=O)OC. The van der Waals surface area contributed by atoms with Crippen molar-refractivity contribution in [2.75, 3.05) is 7.11 Å². The molecule has 158 valence electrons. The number of carbonyl (C=O) groups is 1. The van der Waals surface area contributed by atoms with Crippen molar-refractivity contribution in [1.29, 1.82) is 0 Å². The number of para-hydroxylation sites is 1. The lowest BCUT2D eigenvalue weighted by Crippen LogP contribution is -2.15. The molecule has 1 unspecified atom stereocenters. The number of aryl methyl sites for hydroxylation is 2. The number of fused-ring (bicyclic) bond motifs is 1. The Morgan fingerprint density at radius 2 is 1.87 bits per heavy atom. The van der Waals surface area contributed by atoms with Crippen molar-refractivity contribution in [3.63, 3.8) is 0 Å². The minimum absolute atomic E-state index is 0.225. The van der Waals surface area contributed by atoms with Crippen LogP contribution in [0.3, 0.4) is 0 Å². The van der Waals surface area contributed by atoms with Gasteiger partial charge in [-0.25, -0.2) is 12.4 Å². The molecule has 0 amide bonds. The molecular weight excluding hydrogens is 398 g/mol. The highest BCUT2D eigenvalue weighted by molar-refractivity contribution is 7.90. The molecule has 0 saturated heterocycles. The first-order valence-electron chi connectivity index (χ1n) is 9.98. The maximum atomic E-state index is 13.3. The second kappa shape index (κ2) is 9.30. The van der Waals surface area contributed by atoms with Crippen molar-refractivity contribution in [3.05, 3.63) is 78.5 Å². The number of ether oxygens (including phenoxy) is 1. The lowest BCUT2D eigenvalue weighted by molar-refractivity contribution is -0.145. The molecule has 0 N–H and O–H groups in total. The maximum Gasteiger partial charge on any atom is 0.308 e. The van der Waals surface area contributed by atoms with Gasteiger partial charge in [0.15, 0.2) is 0 Å². The third kappa shape index (κ3) is 4.49. The van der Waals surface area contributed by atoms with Crippen LogP contribution < -0.4 is 0 Å². The van der Waals surface area contributed by atoms with E-state index in [1.165, 1.54) is 11.1 Å². The number of hydrogen-bond acceptors (Lipinski definition) is 4. The highest BCUT2D eigenvalue weighted by Crippen LogP contribution is 2.28. The summed E-state index contributed by atoms with van der Waals surface area (Å²) in [6.45, 7) is 5.64. The minimum Gasteiger partial charge on any atom is -0.469 e. The van der Waals surface area contributed by atoms with Crippen LogP contribution in [-0.2, 0) is 26.0 Å². The Bertz CT molecular complexity index is 1140. The summed E-state index contributed by atoms with van der Waals surface area (Å²) in [4.78, 5) is 12.2. The van der Waals surface area contributed by atoms with E-state index in [0.29, 0.717) is 24.8 Å². The molecular formula is C24H27NO4S. The Hall–Kier alpha value is -2.86. The molecule has 3 rings (SSSR count). The van der Waals surface area contributed by atoms with E-state index in [1.54, 1.807) is 36.5 Å². The Morgan fingerprint density at radius 1 is 1.17 bits per heavy atom. The molecule has 0 aliphatic carbocycles. The lowest BCUT2D eigenvalue weighted by Gasteiger charge is -2.12. The molecule has 5 nitrogen and oxygen atoms in total. The topological polar surface area (TPSA) is 65.4 Å². The second-order valence-corrected chi connectivity index (χ2v) is 9.24. The maximum absolute atomic E-state index is 13.3. The molecule has 0 saturated carbocycles. The molecule has 0 fully saturated rings. The van der Waals surface area contributed by atoms with Gasteiger partial charge in [-0.1, -0.05) is 42.0 Å². The number of aromatic nitrogens is 1. The normalized spacial score (nSPS) is 12.6. The Kier molecular flexibility index (Phi) is 6.77. The summed E-state index contributed by atoms with van der Waals surface area (Å²) in [7, 11) is -2.31. The first-order chi connectivity index (χ1) is 14.4. The summed E-state index contributed by atoms with van der Waals surface area (Å²) in [6, 6.07) is 14.4. The quantitative estimate of drug-likeness (QED) is 0.362. The summed E-state index contributed by atoms with van der Waals surface area (Å²) in [5.41, 5.74) is 2.61. The molecule has 0 spiro atoms. The van der Waals surface area contributed by atoms with Gasteiger partial charge in [-0.3, -0.25) is 4.79 Å². The third-order valence-electron chi connectivity index (χ3n) is 5.32. The Morgan fingerprint density at radius 3 is 2.53 bits per heavy atom. The zero-order valence-electron chi connectivity index (χ0n) is 17.4. The zero-order valence-corrected chi connectivity index (χ0v) is 18.2. The van der Waals surface area contributed by atoms with Gasteiger partial charge in [0.1, 0.15) is 0 Å². The fraction of sp³-hybridized carbons (Fsp3) is 0.292. The number of nitrogens with zero attached hydrogens (tertiary/aromatic N) is 1. The molecule has 3 aromatic rings. The number of allylic oxidation sites excluding steroid dienone is 1. The second-order valence-electron chi connectivity index (χ2n) is 7.42. The zero-order chi connectivity index (χ0) is 21.7. The fourth-order valence-corrected chi connectivity index (χ4v) is 5.07. The number of methoxy groups -OCH3 is 1. The van der Waals surface area contributed by atoms with E-state index in [-0.39, 0.29) is 16.8 Å². The molecule has 30 heavy (non-hydrogen) atoms.